The Morgan fingerprint density at radius 1 is 1.05 bits per heavy atom. The number of benzene rings is 2. The summed E-state index contributed by atoms with van der Waals surface area (Å²) < 4.78 is 21.6. The fourth-order valence-corrected chi connectivity index (χ4v) is 5.00. The third-order valence-electron chi connectivity index (χ3n) is 7.28. The number of fused-ring (bicyclic) bond motifs is 1. The fourth-order valence-electron chi connectivity index (χ4n) is 5.00. The van der Waals surface area contributed by atoms with E-state index in [0.29, 0.717) is 34.4 Å². The van der Waals surface area contributed by atoms with Crippen molar-refractivity contribution in [2.45, 2.75) is 64.2 Å². The number of methoxy groups -OCH3 is 2. The Morgan fingerprint density at radius 3 is 2.60 bits per heavy atom. The number of tetrazole rings is 1. The molecule has 0 unspecified atom stereocenters. The minimum atomic E-state index is -0.714. The van der Waals surface area contributed by atoms with Gasteiger partial charge in [-0.15, -0.1) is 10.2 Å². The Hall–Kier alpha value is -4.35. The zero-order valence-corrected chi connectivity index (χ0v) is 23.0. The lowest BCUT2D eigenvalue weighted by Gasteiger charge is -2.31. The van der Waals surface area contributed by atoms with Crippen LogP contribution in [-0.2, 0) is 22.7 Å². The van der Waals surface area contributed by atoms with Gasteiger partial charge in [-0.1, -0.05) is 25.3 Å². The second-order valence-corrected chi connectivity index (χ2v) is 9.94. The first-order chi connectivity index (χ1) is 19.4. The lowest BCUT2D eigenvalue weighted by Crippen LogP contribution is -2.51. The molecule has 12 nitrogen and oxygen atoms in total. The molecule has 0 bridgehead atoms. The van der Waals surface area contributed by atoms with Crippen molar-refractivity contribution in [3.63, 3.8) is 0 Å². The molecule has 40 heavy (non-hydrogen) atoms. The summed E-state index contributed by atoms with van der Waals surface area (Å²) in [5.41, 5.74) is 1.47. The van der Waals surface area contributed by atoms with Crippen LogP contribution < -0.4 is 24.3 Å². The van der Waals surface area contributed by atoms with E-state index in [2.05, 4.69) is 20.7 Å². The fraction of sp³-hybridized carbons (Fsp3) is 0.464. The summed E-state index contributed by atoms with van der Waals surface area (Å²) in [4.78, 5) is 29.7. The summed E-state index contributed by atoms with van der Waals surface area (Å²) in [5.74, 6) is 2.20. The highest BCUT2D eigenvalue weighted by Crippen LogP contribution is 2.33. The van der Waals surface area contributed by atoms with Gasteiger partial charge < -0.3 is 29.2 Å². The Morgan fingerprint density at radius 2 is 1.82 bits per heavy atom. The van der Waals surface area contributed by atoms with Crippen LogP contribution in [0, 0.1) is 0 Å². The first kappa shape index (κ1) is 27.2. The molecule has 212 valence electrons. The van der Waals surface area contributed by atoms with Gasteiger partial charge in [-0.25, -0.2) is 0 Å². The second-order valence-electron chi connectivity index (χ2n) is 9.94. The van der Waals surface area contributed by atoms with Crippen LogP contribution >= 0.6 is 0 Å². The SMILES string of the molecule is COc1ccc(-c2nnn(CC(=O)N(Cc3ccc4c(c3)OCO4)[C@H](C)C(=O)NC3CCCCC3)n2)cc1OC. The number of nitrogens with one attached hydrogen (secondary N) is 1. The molecule has 2 aromatic carbocycles. The first-order valence-corrected chi connectivity index (χ1v) is 13.4. The molecule has 2 heterocycles. The van der Waals surface area contributed by atoms with Crippen LogP contribution in [0.3, 0.4) is 0 Å². The molecule has 0 saturated heterocycles. The number of carbonyl (C=O) groups is 2. The third-order valence-corrected chi connectivity index (χ3v) is 7.28. The zero-order chi connectivity index (χ0) is 28.1. The molecule has 5 rings (SSSR count). The largest absolute Gasteiger partial charge is 0.493 e. The summed E-state index contributed by atoms with van der Waals surface area (Å²) in [7, 11) is 3.11. The number of rotatable bonds is 10. The number of ether oxygens (including phenoxy) is 4. The van der Waals surface area contributed by atoms with Gasteiger partial charge in [0.15, 0.2) is 23.0 Å². The molecular formula is C28H34N6O6. The van der Waals surface area contributed by atoms with Crippen molar-refractivity contribution in [2.24, 2.45) is 0 Å². The number of aromatic nitrogens is 4. The minimum absolute atomic E-state index is 0.132. The molecule has 1 fully saturated rings. The number of hydrogen-bond donors (Lipinski definition) is 1. The van der Waals surface area contributed by atoms with Crippen LogP contribution in [0.2, 0.25) is 0 Å². The maximum atomic E-state index is 13.6. The van der Waals surface area contributed by atoms with Gasteiger partial charge in [-0.2, -0.15) is 4.80 Å². The third kappa shape index (κ3) is 6.11. The van der Waals surface area contributed by atoms with Crippen molar-refractivity contribution in [2.75, 3.05) is 21.0 Å². The molecule has 1 atom stereocenters. The zero-order valence-electron chi connectivity index (χ0n) is 23.0. The Balaban J connectivity index is 1.33. The number of hydrogen-bond acceptors (Lipinski definition) is 9. The monoisotopic (exact) mass is 550 g/mol. The number of nitrogens with zero attached hydrogens (tertiary/aromatic N) is 5. The van der Waals surface area contributed by atoms with Crippen molar-refractivity contribution in [3.8, 4) is 34.4 Å². The van der Waals surface area contributed by atoms with Gasteiger partial charge in [-0.3, -0.25) is 9.59 Å². The normalized spacial score (nSPS) is 15.4. The summed E-state index contributed by atoms with van der Waals surface area (Å²) in [6.07, 6.45) is 5.29. The topological polar surface area (TPSA) is 130 Å². The predicted octanol–water partition coefficient (Wildman–Crippen LogP) is 2.95. The van der Waals surface area contributed by atoms with Crippen LogP contribution in [0.5, 0.6) is 23.0 Å². The van der Waals surface area contributed by atoms with Crippen molar-refractivity contribution in [3.05, 3.63) is 42.0 Å². The van der Waals surface area contributed by atoms with Gasteiger partial charge in [0.1, 0.15) is 12.6 Å². The van der Waals surface area contributed by atoms with E-state index in [1.54, 1.807) is 39.3 Å². The number of amides is 2. The summed E-state index contributed by atoms with van der Waals surface area (Å²) in [6.45, 7) is 1.91. The van der Waals surface area contributed by atoms with Crippen LogP contribution in [-0.4, -0.2) is 70.0 Å². The highest BCUT2D eigenvalue weighted by Gasteiger charge is 2.29. The molecule has 3 aromatic rings. The lowest BCUT2D eigenvalue weighted by atomic mass is 9.95. The molecule has 1 aromatic heterocycles. The molecule has 1 aliphatic carbocycles. The van der Waals surface area contributed by atoms with E-state index in [0.717, 1.165) is 31.2 Å². The van der Waals surface area contributed by atoms with Gasteiger partial charge >= 0.3 is 0 Å². The number of carbonyl (C=O) groups excluding carboxylic acids is 2. The van der Waals surface area contributed by atoms with Gasteiger partial charge in [0.05, 0.1) is 14.2 Å². The second kappa shape index (κ2) is 12.2. The molecule has 12 heteroatoms. The lowest BCUT2D eigenvalue weighted by molar-refractivity contribution is -0.141. The van der Waals surface area contributed by atoms with Crippen LogP contribution in [0.1, 0.15) is 44.6 Å². The summed E-state index contributed by atoms with van der Waals surface area (Å²) in [6, 6.07) is 10.2. The molecule has 1 aliphatic heterocycles. The highest BCUT2D eigenvalue weighted by atomic mass is 16.7. The molecule has 2 amide bonds. The molecular weight excluding hydrogens is 516 g/mol. The van der Waals surface area contributed by atoms with E-state index < -0.39 is 6.04 Å². The van der Waals surface area contributed by atoms with E-state index in [9.17, 15) is 9.59 Å². The van der Waals surface area contributed by atoms with Crippen molar-refractivity contribution in [1.82, 2.24) is 30.4 Å². The van der Waals surface area contributed by atoms with Gasteiger partial charge in [0.25, 0.3) is 0 Å². The van der Waals surface area contributed by atoms with Crippen LogP contribution in [0.15, 0.2) is 36.4 Å². The molecule has 1 N–H and O–H groups in total. The van der Waals surface area contributed by atoms with Crippen LogP contribution in [0.25, 0.3) is 11.4 Å². The molecule has 0 spiro atoms. The van der Waals surface area contributed by atoms with E-state index in [-0.39, 0.29) is 37.7 Å². The molecule has 1 saturated carbocycles. The Kier molecular flexibility index (Phi) is 8.32. The summed E-state index contributed by atoms with van der Waals surface area (Å²) >= 11 is 0. The Bertz CT molecular complexity index is 1350. The first-order valence-electron chi connectivity index (χ1n) is 13.4. The summed E-state index contributed by atoms with van der Waals surface area (Å²) in [5, 5.41) is 15.7. The highest BCUT2D eigenvalue weighted by molar-refractivity contribution is 5.87. The van der Waals surface area contributed by atoms with Gasteiger partial charge in [0.2, 0.25) is 24.4 Å². The van der Waals surface area contributed by atoms with Crippen molar-refractivity contribution < 1.29 is 28.5 Å². The van der Waals surface area contributed by atoms with Crippen molar-refractivity contribution in [1.29, 1.82) is 0 Å². The quantitative estimate of drug-likeness (QED) is 0.405. The standard InChI is InChI=1S/C28H34N6O6/c1-18(28(36)29-21-7-5-4-6-8-21)33(15-19-9-11-23-25(13-19)40-17-39-23)26(35)16-34-31-27(30-32-34)20-10-12-22(37-2)24(14-20)38-3/h9-14,18,21H,4-8,15-17H2,1-3H3,(H,29,36)/t18-/m1/s1. The van der Waals surface area contributed by atoms with Crippen LogP contribution in [0.4, 0.5) is 0 Å². The predicted molar refractivity (Wildman–Crippen MR) is 144 cm³/mol. The smallest absolute Gasteiger partial charge is 0.247 e. The van der Waals surface area contributed by atoms with E-state index in [1.807, 2.05) is 18.2 Å². The maximum Gasteiger partial charge on any atom is 0.247 e. The van der Waals surface area contributed by atoms with E-state index in [4.69, 9.17) is 18.9 Å². The molecule has 0 radical (unpaired) electrons. The van der Waals surface area contributed by atoms with Gasteiger partial charge in [0, 0.05) is 18.2 Å². The minimum Gasteiger partial charge on any atom is -0.493 e. The molecule has 2 aliphatic rings. The Labute approximate surface area is 232 Å². The van der Waals surface area contributed by atoms with Crippen molar-refractivity contribution >= 4 is 11.8 Å². The van der Waals surface area contributed by atoms with Gasteiger partial charge in [-0.05, 0) is 60.9 Å². The van der Waals surface area contributed by atoms with E-state index in [1.165, 1.54) is 16.1 Å². The van der Waals surface area contributed by atoms with E-state index >= 15 is 0 Å². The average molecular weight is 551 g/mol. The average Bonchev–Trinajstić information content (AvgIpc) is 3.65. The maximum absolute atomic E-state index is 13.6.